The molecule has 0 saturated carbocycles. The van der Waals surface area contributed by atoms with Gasteiger partial charge in [0.25, 0.3) is 0 Å². The van der Waals surface area contributed by atoms with E-state index in [4.69, 9.17) is 9.84 Å². The zero-order valence-corrected chi connectivity index (χ0v) is 16.6. The Morgan fingerprint density at radius 1 is 0.897 bits per heavy atom. The molecule has 29 heavy (non-hydrogen) atoms. The summed E-state index contributed by atoms with van der Waals surface area (Å²) in [6.07, 6.45) is 6.96. The van der Waals surface area contributed by atoms with Gasteiger partial charge in [-0.05, 0) is 49.2 Å². The summed E-state index contributed by atoms with van der Waals surface area (Å²) in [5, 5.41) is 7.13. The molecule has 0 bridgehead atoms. The molecule has 5 rings (SSSR count). The molecule has 5 nitrogen and oxygen atoms in total. The summed E-state index contributed by atoms with van der Waals surface area (Å²) in [4.78, 5) is 7.08. The molecule has 0 aliphatic carbocycles. The first-order valence-corrected chi connectivity index (χ1v) is 10.6. The maximum absolute atomic E-state index is 5.97. The average molecular weight is 386 g/mol. The van der Waals surface area contributed by atoms with Crippen molar-refractivity contribution in [2.75, 3.05) is 26.2 Å². The van der Waals surface area contributed by atoms with Crippen LogP contribution in [0.25, 0.3) is 27.7 Å². The molecule has 2 aromatic heterocycles. The van der Waals surface area contributed by atoms with Crippen LogP contribution in [0.1, 0.15) is 25.7 Å². The lowest BCUT2D eigenvalue weighted by atomic mass is 10.0. The first kappa shape index (κ1) is 18.1. The Balaban J connectivity index is 1.35. The minimum atomic E-state index is 0.649. The highest BCUT2D eigenvalue weighted by Crippen LogP contribution is 2.29. The second-order valence-electron chi connectivity index (χ2n) is 7.72. The highest BCUT2D eigenvalue weighted by Gasteiger charge is 2.12. The maximum Gasteiger partial charge on any atom is 0.231 e. The molecule has 1 saturated heterocycles. The number of benzene rings is 2. The molecule has 148 valence electrons. The van der Waals surface area contributed by atoms with Crippen molar-refractivity contribution in [1.29, 1.82) is 0 Å². The SMILES string of the molecule is c1ccc2c(-c3cnc4ccc(OCCCN5CCCCC5)nn34)cccc2c1. The van der Waals surface area contributed by atoms with Gasteiger partial charge in [-0.3, -0.25) is 0 Å². The number of hydrogen-bond donors (Lipinski definition) is 0. The molecule has 0 spiro atoms. The number of imidazole rings is 1. The summed E-state index contributed by atoms with van der Waals surface area (Å²) in [5.74, 6) is 0.649. The summed E-state index contributed by atoms with van der Waals surface area (Å²) in [6.45, 7) is 4.25. The third kappa shape index (κ3) is 3.83. The van der Waals surface area contributed by atoms with E-state index < -0.39 is 0 Å². The van der Waals surface area contributed by atoms with E-state index in [-0.39, 0.29) is 0 Å². The molecule has 1 aliphatic heterocycles. The highest BCUT2D eigenvalue weighted by molar-refractivity contribution is 5.96. The Morgan fingerprint density at radius 2 is 1.76 bits per heavy atom. The van der Waals surface area contributed by atoms with E-state index in [1.165, 1.54) is 43.1 Å². The van der Waals surface area contributed by atoms with E-state index >= 15 is 0 Å². The third-order valence-corrected chi connectivity index (χ3v) is 5.72. The smallest absolute Gasteiger partial charge is 0.231 e. The normalized spacial score (nSPS) is 15.2. The lowest BCUT2D eigenvalue weighted by Crippen LogP contribution is -2.31. The predicted octanol–water partition coefficient (Wildman–Crippen LogP) is 4.80. The summed E-state index contributed by atoms with van der Waals surface area (Å²) >= 11 is 0. The van der Waals surface area contributed by atoms with Gasteiger partial charge in [-0.2, -0.15) is 0 Å². The van der Waals surface area contributed by atoms with Crippen LogP contribution in [0.15, 0.2) is 60.8 Å². The Labute approximate surface area is 170 Å². The highest BCUT2D eigenvalue weighted by atomic mass is 16.5. The van der Waals surface area contributed by atoms with Crippen molar-refractivity contribution in [3.05, 3.63) is 60.8 Å². The molecular weight excluding hydrogens is 360 g/mol. The summed E-state index contributed by atoms with van der Waals surface area (Å²) in [6, 6.07) is 18.6. The molecule has 0 unspecified atom stereocenters. The fourth-order valence-electron chi connectivity index (χ4n) is 4.21. The molecule has 1 fully saturated rings. The van der Waals surface area contributed by atoms with Crippen LogP contribution in [0, 0.1) is 0 Å². The van der Waals surface area contributed by atoms with Crippen molar-refractivity contribution in [2.45, 2.75) is 25.7 Å². The first-order valence-electron chi connectivity index (χ1n) is 10.6. The van der Waals surface area contributed by atoms with Crippen molar-refractivity contribution in [3.63, 3.8) is 0 Å². The number of hydrogen-bond acceptors (Lipinski definition) is 4. The number of piperidine rings is 1. The van der Waals surface area contributed by atoms with Gasteiger partial charge in [0.2, 0.25) is 5.88 Å². The van der Waals surface area contributed by atoms with Crippen LogP contribution >= 0.6 is 0 Å². The zero-order chi connectivity index (χ0) is 19.5. The van der Waals surface area contributed by atoms with Gasteiger partial charge in [0, 0.05) is 18.2 Å². The van der Waals surface area contributed by atoms with Crippen LogP contribution in [-0.4, -0.2) is 45.7 Å². The Hall–Kier alpha value is -2.92. The number of fused-ring (bicyclic) bond motifs is 2. The van der Waals surface area contributed by atoms with E-state index in [1.54, 1.807) is 0 Å². The molecule has 0 amide bonds. The fourth-order valence-corrected chi connectivity index (χ4v) is 4.21. The van der Waals surface area contributed by atoms with Crippen LogP contribution in [0.3, 0.4) is 0 Å². The summed E-state index contributed by atoms with van der Waals surface area (Å²) in [5.41, 5.74) is 2.94. The summed E-state index contributed by atoms with van der Waals surface area (Å²) in [7, 11) is 0. The zero-order valence-electron chi connectivity index (χ0n) is 16.6. The van der Waals surface area contributed by atoms with Crippen molar-refractivity contribution in [2.24, 2.45) is 0 Å². The van der Waals surface area contributed by atoms with Gasteiger partial charge in [-0.1, -0.05) is 48.9 Å². The minimum absolute atomic E-state index is 0.649. The van der Waals surface area contributed by atoms with Crippen LogP contribution in [-0.2, 0) is 0 Å². The van der Waals surface area contributed by atoms with Crippen molar-refractivity contribution >= 4 is 16.4 Å². The second kappa shape index (κ2) is 8.21. The van der Waals surface area contributed by atoms with Crippen LogP contribution in [0.4, 0.5) is 0 Å². The molecule has 0 atom stereocenters. The van der Waals surface area contributed by atoms with E-state index in [0.717, 1.165) is 29.9 Å². The summed E-state index contributed by atoms with van der Waals surface area (Å²) < 4.78 is 7.86. The Kier molecular flexibility index (Phi) is 5.13. The molecule has 0 radical (unpaired) electrons. The first-order chi connectivity index (χ1) is 14.4. The topological polar surface area (TPSA) is 42.7 Å². The molecule has 2 aromatic carbocycles. The average Bonchev–Trinajstić information content (AvgIpc) is 3.20. The van der Waals surface area contributed by atoms with Gasteiger partial charge in [-0.25, -0.2) is 9.50 Å². The van der Waals surface area contributed by atoms with E-state index in [0.29, 0.717) is 12.5 Å². The fraction of sp³-hybridized carbons (Fsp3) is 0.333. The molecule has 4 aromatic rings. The largest absolute Gasteiger partial charge is 0.477 e. The maximum atomic E-state index is 5.97. The van der Waals surface area contributed by atoms with Gasteiger partial charge in [0.15, 0.2) is 5.65 Å². The lowest BCUT2D eigenvalue weighted by Gasteiger charge is -2.26. The number of likely N-dealkylation sites (tertiary alicyclic amines) is 1. The second-order valence-corrected chi connectivity index (χ2v) is 7.72. The lowest BCUT2D eigenvalue weighted by molar-refractivity contribution is 0.202. The Bertz CT molecular complexity index is 1110. The quantitative estimate of drug-likeness (QED) is 0.446. The van der Waals surface area contributed by atoms with Gasteiger partial charge < -0.3 is 9.64 Å². The monoisotopic (exact) mass is 386 g/mol. The molecular formula is C24H26N4O. The number of aromatic nitrogens is 3. The van der Waals surface area contributed by atoms with Crippen LogP contribution in [0.2, 0.25) is 0 Å². The molecule has 0 N–H and O–H groups in total. The molecule has 3 heterocycles. The van der Waals surface area contributed by atoms with E-state index in [9.17, 15) is 0 Å². The van der Waals surface area contributed by atoms with Crippen LogP contribution in [0.5, 0.6) is 5.88 Å². The van der Waals surface area contributed by atoms with Gasteiger partial charge >= 0.3 is 0 Å². The number of ether oxygens (including phenoxy) is 1. The number of rotatable bonds is 6. The third-order valence-electron chi connectivity index (χ3n) is 5.72. The van der Waals surface area contributed by atoms with Crippen molar-refractivity contribution in [1.82, 2.24) is 19.5 Å². The minimum Gasteiger partial charge on any atom is -0.477 e. The van der Waals surface area contributed by atoms with Crippen molar-refractivity contribution < 1.29 is 4.74 Å². The van der Waals surface area contributed by atoms with E-state index in [2.05, 4.69) is 52.3 Å². The van der Waals surface area contributed by atoms with Gasteiger partial charge in [0.1, 0.15) is 0 Å². The van der Waals surface area contributed by atoms with Gasteiger partial charge in [-0.15, -0.1) is 5.10 Å². The van der Waals surface area contributed by atoms with Crippen LogP contribution < -0.4 is 4.74 Å². The molecule has 5 heteroatoms. The molecule has 1 aliphatic rings. The van der Waals surface area contributed by atoms with Gasteiger partial charge in [0.05, 0.1) is 18.5 Å². The number of nitrogens with zero attached hydrogens (tertiary/aromatic N) is 4. The standard InChI is InChI=1S/C24H26N4O/c1-4-14-27(15-5-1)16-7-17-29-24-13-12-23-25-18-22(28(23)26-24)21-11-6-9-19-8-2-3-10-20(19)21/h2-3,6,8-13,18H,1,4-5,7,14-17H2. The predicted molar refractivity (Wildman–Crippen MR) is 116 cm³/mol. The van der Waals surface area contributed by atoms with E-state index in [1.807, 2.05) is 22.8 Å². The Morgan fingerprint density at radius 3 is 2.69 bits per heavy atom. The van der Waals surface area contributed by atoms with Crippen molar-refractivity contribution in [3.8, 4) is 17.1 Å².